The first-order valence-electron chi connectivity index (χ1n) is 11.0. The molecule has 0 aromatic heterocycles. The average molecular weight is 448 g/mol. The van der Waals surface area contributed by atoms with Gasteiger partial charge in [0.15, 0.2) is 0 Å². The monoisotopic (exact) mass is 447 g/mol. The van der Waals surface area contributed by atoms with E-state index in [2.05, 4.69) is 105 Å². The van der Waals surface area contributed by atoms with E-state index in [-0.39, 0.29) is 11.5 Å². The SMILES string of the molecule is Cc1ccc(CCC(=O)ON)cc1CO[Si](c1ccccc1)(c1ccccc1)C(C)(C)C. The zero-order chi connectivity index (χ0) is 23.2. The van der Waals surface area contributed by atoms with Crippen LogP contribution in [-0.2, 0) is 27.1 Å². The predicted molar refractivity (Wildman–Crippen MR) is 132 cm³/mol. The molecule has 168 valence electrons. The summed E-state index contributed by atoms with van der Waals surface area (Å²) in [5, 5.41) is 2.45. The quantitative estimate of drug-likeness (QED) is 0.410. The molecule has 0 spiro atoms. The third-order valence-corrected chi connectivity index (χ3v) is 11.0. The van der Waals surface area contributed by atoms with E-state index in [9.17, 15) is 4.79 Å². The van der Waals surface area contributed by atoms with E-state index in [0.717, 1.165) is 11.1 Å². The second-order valence-corrected chi connectivity index (χ2v) is 13.5. The van der Waals surface area contributed by atoms with Crippen LogP contribution in [0.2, 0.25) is 5.04 Å². The summed E-state index contributed by atoms with van der Waals surface area (Å²) in [6, 6.07) is 27.6. The van der Waals surface area contributed by atoms with Crippen LogP contribution in [0.25, 0.3) is 0 Å². The molecule has 0 bridgehead atoms. The molecule has 0 amide bonds. The van der Waals surface area contributed by atoms with E-state index in [0.29, 0.717) is 13.0 Å². The molecule has 4 nitrogen and oxygen atoms in total. The lowest BCUT2D eigenvalue weighted by molar-refractivity contribution is -0.144. The molecule has 0 atom stereocenters. The predicted octanol–water partition coefficient (Wildman–Crippen LogP) is 4.42. The lowest BCUT2D eigenvalue weighted by atomic mass is 10.0. The van der Waals surface area contributed by atoms with Gasteiger partial charge >= 0.3 is 5.97 Å². The van der Waals surface area contributed by atoms with Crippen LogP contribution >= 0.6 is 0 Å². The molecule has 3 aromatic rings. The summed E-state index contributed by atoms with van der Waals surface area (Å²) < 4.78 is 7.06. The van der Waals surface area contributed by atoms with Crippen LogP contribution in [0, 0.1) is 6.92 Å². The average Bonchev–Trinajstić information content (AvgIpc) is 2.80. The van der Waals surface area contributed by atoms with Crippen LogP contribution in [0.1, 0.15) is 43.9 Å². The van der Waals surface area contributed by atoms with Gasteiger partial charge in [0.05, 0.1) is 13.0 Å². The first-order valence-corrected chi connectivity index (χ1v) is 12.9. The van der Waals surface area contributed by atoms with Crippen molar-refractivity contribution in [1.29, 1.82) is 0 Å². The highest BCUT2D eigenvalue weighted by Crippen LogP contribution is 2.37. The Kier molecular flexibility index (Phi) is 7.67. The summed E-state index contributed by atoms with van der Waals surface area (Å²) in [5.74, 6) is 4.57. The smallest absolute Gasteiger partial charge is 0.324 e. The van der Waals surface area contributed by atoms with Gasteiger partial charge in [0.1, 0.15) is 0 Å². The number of hydrogen-bond donors (Lipinski definition) is 1. The van der Waals surface area contributed by atoms with E-state index < -0.39 is 14.3 Å². The summed E-state index contributed by atoms with van der Waals surface area (Å²) in [7, 11) is -2.61. The van der Waals surface area contributed by atoms with Crippen molar-refractivity contribution in [3.63, 3.8) is 0 Å². The van der Waals surface area contributed by atoms with Crippen molar-refractivity contribution in [2.24, 2.45) is 5.90 Å². The molecule has 0 aliphatic carbocycles. The lowest BCUT2D eigenvalue weighted by Crippen LogP contribution is -2.66. The first-order chi connectivity index (χ1) is 15.3. The lowest BCUT2D eigenvalue weighted by Gasteiger charge is -2.43. The molecule has 2 N–H and O–H groups in total. The molecule has 0 saturated heterocycles. The number of rotatable bonds is 8. The molecule has 0 fully saturated rings. The summed E-state index contributed by atoms with van der Waals surface area (Å²) in [6.07, 6.45) is 0.844. The highest BCUT2D eigenvalue weighted by molar-refractivity contribution is 6.99. The van der Waals surface area contributed by atoms with Gasteiger partial charge < -0.3 is 9.26 Å². The Morgan fingerprint density at radius 2 is 1.47 bits per heavy atom. The summed E-state index contributed by atoms with van der Waals surface area (Å²) >= 11 is 0. The van der Waals surface area contributed by atoms with E-state index in [4.69, 9.17) is 10.3 Å². The minimum Gasteiger partial charge on any atom is -0.403 e. The minimum absolute atomic E-state index is 0.0773. The molecule has 0 heterocycles. The Bertz CT molecular complexity index is 990. The number of carbonyl (C=O) groups is 1. The number of carbonyl (C=O) groups excluding carboxylic acids is 1. The molecule has 5 heteroatoms. The van der Waals surface area contributed by atoms with Crippen LogP contribution in [-0.4, -0.2) is 14.3 Å². The highest BCUT2D eigenvalue weighted by atomic mass is 28.4. The second kappa shape index (κ2) is 10.3. The summed E-state index contributed by atoms with van der Waals surface area (Å²) in [6.45, 7) is 9.44. The number of hydrogen-bond acceptors (Lipinski definition) is 4. The van der Waals surface area contributed by atoms with Gasteiger partial charge in [0.25, 0.3) is 8.32 Å². The van der Waals surface area contributed by atoms with Crippen LogP contribution in [0.3, 0.4) is 0 Å². The Labute approximate surface area is 192 Å². The highest BCUT2D eigenvalue weighted by Gasteiger charge is 2.50. The van der Waals surface area contributed by atoms with Crippen molar-refractivity contribution >= 4 is 24.7 Å². The molecular formula is C27H33NO3Si. The molecule has 0 aliphatic heterocycles. The fraction of sp³-hybridized carbons (Fsp3) is 0.296. The van der Waals surface area contributed by atoms with E-state index in [1.165, 1.54) is 15.9 Å². The Morgan fingerprint density at radius 3 is 1.97 bits per heavy atom. The van der Waals surface area contributed by atoms with Crippen molar-refractivity contribution in [2.45, 2.75) is 52.2 Å². The van der Waals surface area contributed by atoms with Crippen molar-refractivity contribution in [1.82, 2.24) is 0 Å². The first kappa shape index (κ1) is 23.9. The Balaban J connectivity index is 1.99. The fourth-order valence-corrected chi connectivity index (χ4v) is 8.82. The molecule has 3 rings (SSSR count). The number of aryl methyl sites for hydroxylation is 2. The van der Waals surface area contributed by atoms with Gasteiger partial charge in [0.2, 0.25) is 0 Å². The van der Waals surface area contributed by atoms with E-state index >= 15 is 0 Å². The Hall–Kier alpha value is -2.73. The molecular weight excluding hydrogens is 414 g/mol. The Morgan fingerprint density at radius 1 is 0.906 bits per heavy atom. The van der Waals surface area contributed by atoms with Crippen LogP contribution in [0.5, 0.6) is 0 Å². The summed E-state index contributed by atoms with van der Waals surface area (Å²) in [4.78, 5) is 15.7. The van der Waals surface area contributed by atoms with Gasteiger partial charge in [-0.2, -0.15) is 5.90 Å². The van der Waals surface area contributed by atoms with Gasteiger partial charge in [-0.1, -0.05) is 99.6 Å². The zero-order valence-electron chi connectivity index (χ0n) is 19.4. The van der Waals surface area contributed by atoms with Crippen molar-refractivity contribution in [2.75, 3.05) is 0 Å². The molecule has 0 radical (unpaired) electrons. The van der Waals surface area contributed by atoms with E-state index in [1.807, 2.05) is 6.07 Å². The standard InChI is InChI=1S/C27H33NO3Si/c1-21-15-16-22(17-18-26(29)31-28)19-23(21)20-30-32(27(2,3)4,24-11-7-5-8-12-24)25-13-9-6-10-14-25/h5-16,19H,17-18,20,28H2,1-4H3. The maximum Gasteiger partial charge on any atom is 0.324 e. The number of nitrogens with two attached hydrogens (primary N) is 1. The summed E-state index contributed by atoms with van der Waals surface area (Å²) in [5.41, 5.74) is 3.38. The third kappa shape index (κ3) is 5.18. The second-order valence-electron chi connectivity index (χ2n) is 9.20. The minimum atomic E-state index is -2.61. The van der Waals surface area contributed by atoms with Crippen LogP contribution in [0.4, 0.5) is 0 Å². The zero-order valence-corrected chi connectivity index (χ0v) is 20.4. The van der Waals surface area contributed by atoms with Gasteiger partial charge in [-0.3, -0.25) is 4.79 Å². The molecule has 0 aliphatic rings. The van der Waals surface area contributed by atoms with Gasteiger partial charge in [-0.05, 0) is 45.4 Å². The largest absolute Gasteiger partial charge is 0.403 e. The van der Waals surface area contributed by atoms with Gasteiger partial charge in [-0.25, -0.2) is 0 Å². The van der Waals surface area contributed by atoms with Crippen molar-refractivity contribution in [3.8, 4) is 0 Å². The molecule has 0 saturated carbocycles. The maximum atomic E-state index is 11.5. The molecule has 32 heavy (non-hydrogen) atoms. The fourth-order valence-electron chi connectivity index (χ4n) is 4.29. The molecule has 0 unspecified atom stereocenters. The topological polar surface area (TPSA) is 61.5 Å². The normalized spacial score (nSPS) is 11.9. The van der Waals surface area contributed by atoms with E-state index in [1.54, 1.807) is 0 Å². The van der Waals surface area contributed by atoms with Crippen molar-refractivity contribution in [3.05, 3.63) is 95.6 Å². The van der Waals surface area contributed by atoms with Gasteiger partial charge in [-0.15, -0.1) is 0 Å². The number of benzene rings is 3. The molecule has 3 aromatic carbocycles. The maximum absolute atomic E-state index is 11.5. The van der Waals surface area contributed by atoms with Gasteiger partial charge in [0, 0.05) is 0 Å². The van der Waals surface area contributed by atoms with Crippen LogP contribution in [0.15, 0.2) is 78.9 Å². The third-order valence-electron chi connectivity index (χ3n) is 6.02. The van der Waals surface area contributed by atoms with Crippen molar-refractivity contribution < 1.29 is 14.1 Å². The van der Waals surface area contributed by atoms with Crippen LogP contribution < -0.4 is 16.3 Å².